The van der Waals surface area contributed by atoms with Crippen molar-refractivity contribution in [1.82, 2.24) is 4.57 Å². The molecule has 43 heavy (non-hydrogen) atoms. The van der Waals surface area contributed by atoms with Crippen LogP contribution in [0.4, 0.5) is 0 Å². The lowest BCUT2D eigenvalue weighted by Crippen LogP contribution is -2.66. The van der Waals surface area contributed by atoms with E-state index in [4.69, 9.17) is 23.4 Å². The number of aliphatic hydroxyl groups excluding tert-OH is 1. The number of nitrogens with zero attached hydrogens (tertiary/aromatic N) is 1. The first-order chi connectivity index (χ1) is 20.5. The summed E-state index contributed by atoms with van der Waals surface area (Å²) in [6.07, 6.45) is 0.646. The predicted molar refractivity (Wildman–Crippen MR) is 171 cm³/mol. The standard InChI is InChI=1S/C33H42BrNO7Si/c1-32(2,3)43(22-13-9-7-10-14-22,23-15-11-8-12-16-23)41-18-17-33(4)30-25(19-26(36)42-30)35-20-24(34)28(37)29(39-6)27(35)31(33)40-21-38-5/h7-16,20,25-26,30-31,36H,17-19,21H2,1-6H3. The van der Waals surface area contributed by atoms with Gasteiger partial charge in [-0.3, -0.25) is 4.79 Å². The van der Waals surface area contributed by atoms with Crippen LogP contribution in [-0.2, 0) is 18.6 Å². The third kappa shape index (κ3) is 5.56. The van der Waals surface area contributed by atoms with Gasteiger partial charge in [-0.25, -0.2) is 0 Å². The lowest BCUT2D eigenvalue weighted by molar-refractivity contribution is -0.198. The number of rotatable bonds is 10. The molecule has 0 saturated carbocycles. The van der Waals surface area contributed by atoms with Crippen LogP contribution in [0.25, 0.3) is 0 Å². The summed E-state index contributed by atoms with van der Waals surface area (Å²) in [5, 5.41) is 13.0. The molecule has 8 nitrogen and oxygen atoms in total. The Labute approximate surface area is 263 Å². The average molecular weight is 673 g/mol. The summed E-state index contributed by atoms with van der Waals surface area (Å²) in [7, 11) is 0.250. The van der Waals surface area contributed by atoms with E-state index in [0.29, 0.717) is 29.6 Å². The van der Waals surface area contributed by atoms with Gasteiger partial charge in [-0.1, -0.05) is 88.4 Å². The molecule has 1 N–H and O–H groups in total. The van der Waals surface area contributed by atoms with Crippen LogP contribution in [-0.4, -0.2) is 58.0 Å². The minimum absolute atomic E-state index is 0.00315. The fourth-order valence-electron chi connectivity index (χ4n) is 7.14. The van der Waals surface area contributed by atoms with Gasteiger partial charge < -0.3 is 33.0 Å². The molecule has 1 fully saturated rings. The van der Waals surface area contributed by atoms with Gasteiger partial charge >= 0.3 is 0 Å². The number of hydrogen-bond acceptors (Lipinski definition) is 7. The molecule has 0 radical (unpaired) electrons. The molecule has 5 unspecified atom stereocenters. The van der Waals surface area contributed by atoms with Crippen molar-refractivity contribution in [3.63, 3.8) is 0 Å². The van der Waals surface area contributed by atoms with Crippen LogP contribution in [0.15, 0.2) is 76.1 Å². The van der Waals surface area contributed by atoms with Crippen LogP contribution < -0.4 is 20.5 Å². The third-order valence-electron chi connectivity index (χ3n) is 9.07. The lowest BCUT2D eigenvalue weighted by atomic mass is 9.69. The van der Waals surface area contributed by atoms with Gasteiger partial charge in [0.1, 0.15) is 12.9 Å². The molecule has 5 rings (SSSR count). The van der Waals surface area contributed by atoms with E-state index in [1.807, 2.05) is 16.7 Å². The van der Waals surface area contributed by atoms with Crippen molar-refractivity contribution >= 4 is 34.6 Å². The minimum atomic E-state index is -2.81. The van der Waals surface area contributed by atoms with Crippen LogP contribution in [0, 0.1) is 5.41 Å². The van der Waals surface area contributed by atoms with Crippen molar-refractivity contribution < 1.29 is 28.5 Å². The Morgan fingerprint density at radius 2 is 1.67 bits per heavy atom. The first-order valence-corrected chi connectivity index (χ1v) is 17.4. The Kier molecular flexibility index (Phi) is 9.40. The van der Waals surface area contributed by atoms with E-state index in [-0.39, 0.29) is 29.1 Å². The first kappa shape index (κ1) is 32.1. The SMILES string of the molecule is COCOC1c2c(OC)c(=O)c(Br)cn2C2CC(O)OC2C1(C)CCO[Si](c1ccccc1)(c1ccccc1)C(C)(C)C. The largest absolute Gasteiger partial charge is 0.491 e. The number of aromatic nitrogens is 1. The zero-order valence-corrected chi connectivity index (χ0v) is 28.3. The molecule has 3 aromatic rings. The zero-order chi connectivity index (χ0) is 31.0. The van der Waals surface area contributed by atoms with Crippen molar-refractivity contribution in [3.05, 3.63) is 87.3 Å². The summed E-state index contributed by atoms with van der Waals surface area (Å²) in [6, 6.07) is 20.8. The molecule has 5 atom stereocenters. The number of ether oxygens (including phenoxy) is 4. The Hall–Kier alpha value is -2.31. The second-order valence-electron chi connectivity index (χ2n) is 12.7. The number of benzene rings is 2. The van der Waals surface area contributed by atoms with Gasteiger partial charge in [0.2, 0.25) is 5.43 Å². The van der Waals surface area contributed by atoms with Crippen molar-refractivity contribution in [1.29, 1.82) is 0 Å². The summed E-state index contributed by atoms with van der Waals surface area (Å²) < 4.78 is 33.3. The molecule has 2 aliphatic rings. The van der Waals surface area contributed by atoms with E-state index in [0.717, 1.165) is 0 Å². The molecule has 2 aliphatic heterocycles. The Morgan fingerprint density at radius 1 is 1.07 bits per heavy atom. The quantitative estimate of drug-likeness (QED) is 0.242. The maximum atomic E-state index is 13.3. The average Bonchev–Trinajstić information content (AvgIpc) is 3.39. The van der Waals surface area contributed by atoms with E-state index in [2.05, 4.69) is 92.2 Å². The number of aliphatic hydroxyl groups is 1. The van der Waals surface area contributed by atoms with Gasteiger partial charge in [0, 0.05) is 31.7 Å². The third-order valence-corrected chi connectivity index (χ3v) is 14.7. The van der Waals surface area contributed by atoms with Crippen LogP contribution in [0.1, 0.15) is 58.4 Å². The second-order valence-corrected chi connectivity index (χ2v) is 17.8. The van der Waals surface area contributed by atoms with Gasteiger partial charge in [0.05, 0.1) is 29.4 Å². The normalized spacial score (nSPS) is 25.3. The maximum Gasteiger partial charge on any atom is 0.261 e. The number of fused-ring (bicyclic) bond motifs is 3. The molecular formula is C33H42BrNO7Si. The molecule has 1 saturated heterocycles. The maximum absolute atomic E-state index is 13.3. The van der Waals surface area contributed by atoms with Crippen LogP contribution >= 0.6 is 15.9 Å². The van der Waals surface area contributed by atoms with E-state index in [9.17, 15) is 9.90 Å². The molecule has 0 amide bonds. The summed E-state index contributed by atoms with van der Waals surface area (Å²) >= 11 is 3.41. The van der Waals surface area contributed by atoms with Gasteiger partial charge in [-0.15, -0.1) is 0 Å². The van der Waals surface area contributed by atoms with Crippen LogP contribution in [0.3, 0.4) is 0 Å². The van der Waals surface area contributed by atoms with E-state index < -0.39 is 32.2 Å². The van der Waals surface area contributed by atoms with Crippen molar-refractivity contribution in [3.8, 4) is 5.75 Å². The van der Waals surface area contributed by atoms with E-state index in [1.165, 1.54) is 17.5 Å². The molecule has 0 spiro atoms. The highest BCUT2D eigenvalue weighted by Crippen LogP contribution is 2.57. The molecule has 0 aliphatic carbocycles. The van der Waals surface area contributed by atoms with Crippen LogP contribution in [0.5, 0.6) is 5.75 Å². The fraction of sp³-hybridized carbons (Fsp3) is 0.485. The zero-order valence-electron chi connectivity index (χ0n) is 25.7. The highest BCUT2D eigenvalue weighted by molar-refractivity contribution is 9.10. The van der Waals surface area contributed by atoms with Gasteiger partial charge in [-0.2, -0.15) is 0 Å². The summed E-state index contributed by atoms with van der Waals surface area (Å²) in [5.41, 5.74) is -0.358. The van der Waals surface area contributed by atoms with Gasteiger partial charge in [0.25, 0.3) is 8.32 Å². The number of hydrogen-bond donors (Lipinski definition) is 1. The molecule has 10 heteroatoms. The number of pyridine rings is 1. The Morgan fingerprint density at radius 3 is 2.21 bits per heavy atom. The molecule has 1 aromatic heterocycles. The Balaban J connectivity index is 1.60. The molecule has 0 bridgehead atoms. The highest BCUT2D eigenvalue weighted by atomic mass is 79.9. The molecule has 3 heterocycles. The van der Waals surface area contributed by atoms with E-state index in [1.54, 1.807) is 13.3 Å². The predicted octanol–water partition coefficient (Wildman–Crippen LogP) is 4.92. The summed E-state index contributed by atoms with van der Waals surface area (Å²) in [5.74, 6) is 0.203. The van der Waals surface area contributed by atoms with Gasteiger partial charge in [-0.05, 0) is 37.8 Å². The highest BCUT2D eigenvalue weighted by Gasteiger charge is 2.58. The topological polar surface area (TPSA) is 88.4 Å². The second kappa shape index (κ2) is 12.6. The van der Waals surface area contributed by atoms with Crippen molar-refractivity contribution in [2.24, 2.45) is 5.41 Å². The summed E-state index contributed by atoms with van der Waals surface area (Å²) in [6.45, 7) is 9.26. The molecule has 232 valence electrons. The minimum Gasteiger partial charge on any atom is -0.491 e. The fourth-order valence-corrected chi connectivity index (χ4v) is 12.1. The number of halogens is 1. The first-order valence-electron chi connectivity index (χ1n) is 14.7. The molecular weight excluding hydrogens is 630 g/mol. The van der Waals surface area contributed by atoms with Crippen molar-refractivity contribution in [2.75, 3.05) is 27.6 Å². The van der Waals surface area contributed by atoms with Crippen molar-refractivity contribution in [2.45, 2.75) is 70.1 Å². The monoisotopic (exact) mass is 671 g/mol. The van der Waals surface area contributed by atoms with E-state index >= 15 is 0 Å². The summed E-state index contributed by atoms with van der Waals surface area (Å²) in [4.78, 5) is 13.3. The Bertz CT molecular complexity index is 1420. The van der Waals surface area contributed by atoms with Crippen LogP contribution in [0.2, 0.25) is 5.04 Å². The lowest BCUT2D eigenvalue weighted by Gasteiger charge is -2.50. The van der Waals surface area contributed by atoms with Gasteiger partial charge in [0.15, 0.2) is 12.0 Å². The molecule has 2 aromatic carbocycles. The number of methoxy groups -OCH3 is 2. The smallest absolute Gasteiger partial charge is 0.261 e.